The van der Waals surface area contributed by atoms with Gasteiger partial charge in [-0.15, -0.1) is 0 Å². The van der Waals surface area contributed by atoms with Crippen molar-refractivity contribution < 1.29 is 4.42 Å². The van der Waals surface area contributed by atoms with Gasteiger partial charge in [0.15, 0.2) is 11.6 Å². The minimum Gasteiger partial charge on any atom is -0.456 e. The molecule has 3 heterocycles. The van der Waals surface area contributed by atoms with E-state index >= 15 is 0 Å². The summed E-state index contributed by atoms with van der Waals surface area (Å²) in [6.07, 6.45) is 0. The molecule has 7 aromatic carbocycles. The van der Waals surface area contributed by atoms with E-state index in [-0.39, 0.29) is 0 Å². The molecule has 0 saturated carbocycles. The summed E-state index contributed by atoms with van der Waals surface area (Å²) in [6.45, 7) is 0. The number of furan rings is 1. The van der Waals surface area contributed by atoms with Crippen LogP contribution >= 0.6 is 0 Å². The van der Waals surface area contributed by atoms with Gasteiger partial charge in [0.2, 0.25) is 5.95 Å². The fraction of sp³-hybridized carbons (Fsp3) is 0. The molecule has 0 N–H and O–H groups in total. The van der Waals surface area contributed by atoms with Crippen molar-refractivity contribution >= 4 is 60.8 Å². The highest BCUT2D eigenvalue weighted by molar-refractivity contribution is 6.15. The Kier molecular flexibility index (Phi) is 5.22. The standard InChI is InChI=1S/C41H24N4O/c1-2-11-26(12-3-1)39-42-40(31-19-10-22-36-38(31)30-17-6-7-21-35(30)46-36)44-41(43-39)45-33-20-9-16-25-15-8-18-29(37(25)33)32-23-27-13-4-5-14-28(27)24-34(32)45/h1-24H. The summed E-state index contributed by atoms with van der Waals surface area (Å²) in [7, 11) is 0. The molecule has 46 heavy (non-hydrogen) atoms. The van der Waals surface area contributed by atoms with Gasteiger partial charge in [-0.1, -0.05) is 115 Å². The zero-order valence-electron chi connectivity index (χ0n) is 24.6. The first-order valence-electron chi connectivity index (χ1n) is 15.4. The van der Waals surface area contributed by atoms with Crippen molar-refractivity contribution in [2.24, 2.45) is 0 Å². The van der Waals surface area contributed by atoms with Gasteiger partial charge in [0.1, 0.15) is 11.2 Å². The SMILES string of the molecule is c1ccc(-c2nc(-c3cccc4oc5ccccc5c34)nc(N3c4cc5ccccc5cc4-c4cccc5cccc3c45)n2)cc1. The Balaban J connectivity index is 1.31. The Morgan fingerprint density at radius 3 is 2.00 bits per heavy atom. The molecular formula is C41H24N4O. The number of anilines is 3. The van der Waals surface area contributed by atoms with E-state index in [4.69, 9.17) is 19.4 Å². The number of aromatic nitrogens is 3. The van der Waals surface area contributed by atoms with Crippen molar-refractivity contribution in [1.29, 1.82) is 0 Å². The Bertz CT molecular complexity index is 2650. The summed E-state index contributed by atoms with van der Waals surface area (Å²) in [5.74, 6) is 1.76. The summed E-state index contributed by atoms with van der Waals surface area (Å²) in [4.78, 5) is 17.8. The van der Waals surface area contributed by atoms with Crippen LogP contribution in [-0.4, -0.2) is 15.0 Å². The molecule has 0 saturated heterocycles. The molecule has 0 aliphatic carbocycles. The number of hydrogen-bond acceptors (Lipinski definition) is 5. The van der Waals surface area contributed by atoms with E-state index in [1.54, 1.807) is 0 Å². The highest BCUT2D eigenvalue weighted by Crippen LogP contribution is 2.51. The van der Waals surface area contributed by atoms with Crippen molar-refractivity contribution in [2.75, 3.05) is 4.90 Å². The van der Waals surface area contributed by atoms with E-state index in [2.05, 4.69) is 89.8 Å². The number of para-hydroxylation sites is 1. The first-order valence-corrected chi connectivity index (χ1v) is 15.4. The lowest BCUT2D eigenvalue weighted by molar-refractivity contribution is 0.669. The predicted molar refractivity (Wildman–Crippen MR) is 187 cm³/mol. The van der Waals surface area contributed by atoms with Crippen LogP contribution in [0.1, 0.15) is 0 Å². The van der Waals surface area contributed by atoms with Crippen molar-refractivity contribution in [3.8, 4) is 33.9 Å². The second kappa shape index (κ2) is 9.58. The molecule has 0 radical (unpaired) electrons. The van der Waals surface area contributed by atoms with Crippen LogP contribution in [0, 0.1) is 0 Å². The molecule has 0 fully saturated rings. The molecule has 5 nitrogen and oxygen atoms in total. The van der Waals surface area contributed by atoms with E-state index < -0.39 is 0 Å². The third kappa shape index (κ3) is 3.66. The molecule has 9 aromatic rings. The minimum absolute atomic E-state index is 0.562. The molecule has 214 valence electrons. The van der Waals surface area contributed by atoms with Crippen LogP contribution in [-0.2, 0) is 0 Å². The quantitative estimate of drug-likeness (QED) is 0.205. The second-order valence-electron chi connectivity index (χ2n) is 11.7. The van der Waals surface area contributed by atoms with E-state index in [1.807, 2.05) is 60.7 Å². The van der Waals surface area contributed by atoms with Gasteiger partial charge in [-0.25, -0.2) is 4.98 Å². The Hall–Kier alpha value is -6.33. The molecule has 0 atom stereocenters. The van der Waals surface area contributed by atoms with Crippen LogP contribution in [0.2, 0.25) is 0 Å². The maximum Gasteiger partial charge on any atom is 0.238 e. The van der Waals surface area contributed by atoms with Crippen LogP contribution in [0.4, 0.5) is 17.3 Å². The molecule has 5 heteroatoms. The van der Waals surface area contributed by atoms with Crippen LogP contribution in [0.15, 0.2) is 150 Å². The van der Waals surface area contributed by atoms with Gasteiger partial charge < -0.3 is 4.42 Å². The van der Waals surface area contributed by atoms with Crippen molar-refractivity contribution in [2.45, 2.75) is 0 Å². The van der Waals surface area contributed by atoms with Gasteiger partial charge in [0, 0.05) is 32.8 Å². The van der Waals surface area contributed by atoms with Gasteiger partial charge in [-0.05, 0) is 52.1 Å². The number of hydrogen-bond donors (Lipinski definition) is 0. The summed E-state index contributed by atoms with van der Waals surface area (Å²) in [5, 5.41) is 6.73. The third-order valence-electron chi connectivity index (χ3n) is 9.02. The third-order valence-corrected chi connectivity index (χ3v) is 9.02. The average molecular weight is 589 g/mol. The molecule has 0 spiro atoms. The topological polar surface area (TPSA) is 55.1 Å². The van der Waals surface area contributed by atoms with E-state index in [0.29, 0.717) is 17.6 Å². The summed E-state index contributed by atoms with van der Waals surface area (Å²) in [5.41, 5.74) is 7.89. The lowest BCUT2D eigenvalue weighted by Gasteiger charge is -2.32. The van der Waals surface area contributed by atoms with Gasteiger partial charge in [-0.2, -0.15) is 9.97 Å². The zero-order valence-corrected chi connectivity index (χ0v) is 24.6. The molecule has 0 unspecified atom stereocenters. The highest BCUT2D eigenvalue weighted by Gasteiger charge is 2.29. The largest absolute Gasteiger partial charge is 0.456 e. The fourth-order valence-electron chi connectivity index (χ4n) is 6.97. The van der Waals surface area contributed by atoms with Gasteiger partial charge in [0.05, 0.1) is 11.4 Å². The normalized spacial score (nSPS) is 12.3. The van der Waals surface area contributed by atoms with Crippen molar-refractivity contribution in [1.82, 2.24) is 15.0 Å². The first-order chi connectivity index (χ1) is 22.8. The molecule has 2 aromatic heterocycles. The Morgan fingerprint density at radius 2 is 1.11 bits per heavy atom. The lowest BCUT2D eigenvalue weighted by atomic mass is 9.90. The molecular weight excluding hydrogens is 564 g/mol. The lowest BCUT2D eigenvalue weighted by Crippen LogP contribution is -2.19. The smallest absolute Gasteiger partial charge is 0.238 e. The molecule has 1 aliphatic heterocycles. The monoisotopic (exact) mass is 588 g/mol. The first kappa shape index (κ1) is 25.0. The zero-order chi connectivity index (χ0) is 30.2. The van der Waals surface area contributed by atoms with Crippen molar-refractivity contribution in [3.05, 3.63) is 146 Å². The molecule has 0 amide bonds. The minimum atomic E-state index is 0.562. The molecule has 1 aliphatic rings. The van der Waals surface area contributed by atoms with Crippen molar-refractivity contribution in [3.63, 3.8) is 0 Å². The second-order valence-corrected chi connectivity index (χ2v) is 11.7. The van der Waals surface area contributed by atoms with Crippen LogP contribution in [0.5, 0.6) is 0 Å². The Labute approximate surface area is 264 Å². The maximum absolute atomic E-state index is 6.26. The highest BCUT2D eigenvalue weighted by atomic mass is 16.3. The van der Waals surface area contributed by atoms with E-state index in [0.717, 1.165) is 55.4 Å². The van der Waals surface area contributed by atoms with Gasteiger partial charge >= 0.3 is 0 Å². The summed E-state index contributed by atoms with van der Waals surface area (Å²) in [6, 6.07) is 50.4. The van der Waals surface area contributed by atoms with Crippen LogP contribution in [0.25, 0.3) is 77.4 Å². The molecule has 0 bridgehead atoms. The number of fused-ring (bicyclic) bond motifs is 6. The average Bonchev–Trinajstić information content (AvgIpc) is 3.50. The summed E-state index contributed by atoms with van der Waals surface area (Å²) >= 11 is 0. The number of nitrogens with zero attached hydrogens (tertiary/aromatic N) is 4. The van der Waals surface area contributed by atoms with E-state index in [1.165, 1.54) is 21.7 Å². The maximum atomic E-state index is 6.26. The molecule has 10 rings (SSSR count). The Morgan fingerprint density at radius 1 is 0.435 bits per heavy atom. The van der Waals surface area contributed by atoms with E-state index in [9.17, 15) is 0 Å². The number of rotatable bonds is 3. The predicted octanol–water partition coefficient (Wildman–Crippen LogP) is 10.9. The fourth-order valence-corrected chi connectivity index (χ4v) is 6.97. The number of benzene rings is 7. The summed E-state index contributed by atoms with van der Waals surface area (Å²) < 4.78 is 6.26. The van der Waals surface area contributed by atoms with Crippen LogP contribution in [0.3, 0.4) is 0 Å². The van der Waals surface area contributed by atoms with Crippen LogP contribution < -0.4 is 4.90 Å². The van der Waals surface area contributed by atoms with Gasteiger partial charge in [-0.3, -0.25) is 4.90 Å². The van der Waals surface area contributed by atoms with Gasteiger partial charge in [0.25, 0.3) is 0 Å².